The maximum atomic E-state index is 12.9. The number of nitrogens with one attached hydrogen (secondary N) is 1. The van der Waals surface area contributed by atoms with Crippen LogP contribution in [0.25, 0.3) is 22.5 Å². The number of carbonyl (C=O) groups is 1. The molecule has 0 aliphatic carbocycles. The average Bonchev–Trinajstić information content (AvgIpc) is 3.33. The van der Waals surface area contributed by atoms with Gasteiger partial charge in [0.15, 0.2) is 0 Å². The van der Waals surface area contributed by atoms with Gasteiger partial charge in [-0.25, -0.2) is 9.97 Å². The van der Waals surface area contributed by atoms with E-state index in [0.29, 0.717) is 45.5 Å². The number of carbonyl (C=O) groups excluding carboxylic acids is 1. The van der Waals surface area contributed by atoms with Gasteiger partial charge >= 0.3 is 0 Å². The number of nitrogens with two attached hydrogens (primary N) is 1. The van der Waals surface area contributed by atoms with Gasteiger partial charge in [-0.1, -0.05) is 77.4 Å². The minimum atomic E-state index is -0.320. The van der Waals surface area contributed by atoms with Crippen molar-refractivity contribution in [3.8, 4) is 28.3 Å². The largest absolute Gasteiger partial charge is 0.489 e. The van der Waals surface area contributed by atoms with Crippen LogP contribution < -0.4 is 15.8 Å². The molecule has 5 aromatic rings. The second kappa shape index (κ2) is 10.9. The third-order valence-electron chi connectivity index (χ3n) is 5.54. The fourth-order valence-corrected chi connectivity index (χ4v) is 3.99. The van der Waals surface area contributed by atoms with Crippen molar-refractivity contribution in [3.05, 3.63) is 107 Å². The zero-order valence-electron chi connectivity index (χ0n) is 19.6. The molecular weight excluding hydrogens is 490 g/mol. The van der Waals surface area contributed by atoms with Gasteiger partial charge in [-0.05, 0) is 35.4 Å². The number of rotatable bonds is 8. The Morgan fingerprint density at radius 1 is 1.00 bits per heavy atom. The van der Waals surface area contributed by atoms with Gasteiger partial charge in [-0.3, -0.25) is 10.1 Å². The number of nitrogens with zero attached hydrogens (tertiary/aromatic N) is 3. The lowest BCUT2D eigenvalue weighted by molar-refractivity contribution is -0.115. The SMILES string of the molecule is Nc1nccc(-c2c(-c3cccc(OCc4ccccc4)c3)noc2NC(=O)Cc2ccccc2Cl)n1. The van der Waals surface area contributed by atoms with E-state index >= 15 is 0 Å². The molecule has 5 rings (SSSR count). The maximum Gasteiger partial charge on any atom is 0.241 e. The summed E-state index contributed by atoms with van der Waals surface area (Å²) in [6.07, 6.45) is 1.59. The van der Waals surface area contributed by atoms with E-state index < -0.39 is 0 Å². The Morgan fingerprint density at radius 2 is 1.81 bits per heavy atom. The van der Waals surface area contributed by atoms with E-state index in [-0.39, 0.29) is 24.2 Å². The highest BCUT2D eigenvalue weighted by atomic mass is 35.5. The predicted molar refractivity (Wildman–Crippen MR) is 142 cm³/mol. The number of ether oxygens (including phenoxy) is 1. The molecular formula is C28H22ClN5O3. The minimum Gasteiger partial charge on any atom is -0.489 e. The molecule has 0 atom stereocenters. The van der Waals surface area contributed by atoms with Crippen LogP contribution in [0.5, 0.6) is 5.75 Å². The summed E-state index contributed by atoms with van der Waals surface area (Å²) in [4.78, 5) is 21.2. The lowest BCUT2D eigenvalue weighted by Crippen LogP contribution is -2.15. The summed E-state index contributed by atoms with van der Waals surface area (Å²) in [7, 11) is 0. The van der Waals surface area contributed by atoms with Crippen LogP contribution in [0.3, 0.4) is 0 Å². The second-order valence-corrected chi connectivity index (χ2v) is 8.56. The van der Waals surface area contributed by atoms with Crippen molar-refractivity contribution in [1.29, 1.82) is 0 Å². The molecule has 0 saturated carbocycles. The van der Waals surface area contributed by atoms with Gasteiger partial charge in [0.1, 0.15) is 18.1 Å². The van der Waals surface area contributed by atoms with Crippen LogP contribution in [0, 0.1) is 0 Å². The van der Waals surface area contributed by atoms with Crippen molar-refractivity contribution in [1.82, 2.24) is 15.1 Å². The molecule has 37 heavy (non-hydrogen) atoms. The Hall–Kier alpha value is -4.69. The number of hydrogen-bond acceptors (Lipinski definition) is 7. The highest BCUT2D eigenvalue weighted by Crippen LogP contribution is 2.38. The zero-order valence-corrected chi connectivity index (χ0v) is 20.4. The Morgan fingerprint density at radius 3 is 2.62 bits per heavy atom. The standard InChI is InChI=1S/C28H22ClN5O3/c29-22-12-5-4-9-19(22)16-24(35)33-27-25(23-13-14-31-28(30)32-23)26(34-37-27)20-10-6-11-21(15-20)36-17-18-7-2-1-3-8-18/h1-15H,16-17H2,(H,33,35)(H2,30,31,32). The molecule has 9 heteroatoms. The van der Waals surface area contributed by atoms with Crippen LogP contribution in [0.1, 0.15) is 11.1 Å². The molecule has 0 spiro atoms. The number of benzene rings is 3. The Kier molecular flexibility index (Phi) is 7.09. The summed E-state index contributed by atoms with van der Waals surface area (Å²) in [6, 6.07) is 26.2. The number of hydrogen-bond donors (Lipinski definition) is 2. The van der Waals surface area contributed by atoms with Gasteiger partial charge in [0.05, 0.1) is 17.7 Å². The van der Waals surface area contributed by atoms with Crippen molar-refractivity contribution in [2.45, 2.75) is 13.0 Å². The monoisotopic (exact) mass is 511 g/mol. The van der Waals surface area contributed by atoms with E-state index in [1.807, 2.05) is 66.7 Å². The highest BCUT2D eigenvalue weighted by Gasteiger charge is 2.23. The zero-order chi connectivity index (χ0) is 25.6. The smallest absolute Gasteiger partial charge is 0.241 e. The fourth-order valence-electron chi connectivity index (χ4n) is 3.78. The molecule has 0 aliphatic heterocycles. The summed E-state index contributed by atoms with van der Waals surface area (Å²) in [5, 5.41) is 7.56. The summed E-state index contributed by atoms with van der Waals surface area (Å²) < 4.78 is 11.6. The molecule has 3 N–H and O–H groups in total. The third kappa shape index (κ3) is 5.76. The van der Waals surface area contributed by atoms with Gasteiger partial charge < -0.3 is 15.0 Å². The van der Waals surface area contributed by atoms with E-state index in [1.54, 1.807) is 18.2 Å². The van der Waals surface area contributed by atoms with Crippen LogP contribution in [-0.2, 0) is 17.8 Å². The van der Waals surface area contributed by atoms with Crippen molar-refractivity contribution in [2.24, 2.45) is 0 Å². The fraction of sp³-hybridized carbons (Fsp3) is 0.0714. The van der Waals surface area contributed by atoms with E-state index in [9.17, 15) is 4.79 Å². The molecule has 0 aliphatic rings. The van der Waals surface area contributed by atoms with Gasteiger partial charge in [0.25, 0.3) is 0 Å². The van der Waals surface area contributed by atoms with E-state index in [1.165, 1.54) is 6.20 Å². The van der Waals surface area contributed by atoms with Crippen molar-refractivity contribution >= 4 is 29.3 Å². The van der Waals surface area contributed by atoms with Crippen LogP contribution in [0.2, 0.25) is 5.02 Å². The number of halogens is 1. The molecule has 0 bridgehead atoms. The van der Waals surface area contributed by atoms with Gasteiger partial charge in [0, 0.05) is 16.8 Å². The van der Waals surface area contributed by atoms with Gasteiger partial charge in [0.2, 0.25) is 17.7 Å². The first kappa shape index (κ1) is 24.0. The summed E-state index contributed by atoms with van der Waals surface area (Å²) in [5.41, 5.74) is 9.70. The quantitative estimate of drug-likeness (QED) is 0.270. The van der Waals surface area contributed by atoms with Crippen LogP contribution >= 0.6 is 11.6 Å². The van der Waals surface area contributed by atoms with Crippen molar-refractivity contribution < 1.29 is 14.1 Å². The number of anilines is 2. The highest BCUT2D eigenvalue weighted by molar-refractivity contribution is 6.31. The molecule has 8 nitrogen and oxygen atoms in total. The topological polar surface area (TPSA) is 116 Å². The van der Waals surface area contributed by atoms with Crippen LogP contribution in [0.4, 0.5) is 11.8 Å². The molecule has 1 amide bonds. The summed E-state index contributed by atoms with van der Waals surface area (Å²) >= 11 is 6.22. The molecule has 2 heterocycles. The molecule has 0 unspecified atom stereocenters. The normalized spacial score (nSPS) is 10.7. The molecule has 2 aromatic heterocycles. The molecule has 0 radical (unpaired) electrons. The Balaban J connectivity index is 1.46. The van der Waals surface area contributed by atoms with Crippen molar-refractivity contribution in [3.63, 3.8) is 0 Å². The molecule has 0 fully saturated rings. The number of nitrogen functional groups attached to an aromatic ring is 1. The van der Waals surface area contributed by atoms with E-state index in [4.69, 9.17) is 26.6 Å². The predicted octanol–water partition coefficient (Wildman–Crippen LogP) is 5.79. The Bertz CT molecular complexity index is 1540. The average molecular weight is 512 g/mol. The van der Waals surface area contributed by atoms with Gasteiger partial charge in [-0.15, -0.1) is 0 Å². The number of amides is 1. The minimum absolute atomic E-state index is 0.0594. The maximum absolute atomic E-state index is 12.9. The third-order valence-corrected chi connectivity index (χ3v) is 5.91. The molecule has 0 saturated heterocycles. The summed E-state index contributed by atoms with van der Waals surface area (Å²) in [6.45, 7) is 0.418. The van der Waals surface area contributed by atoms with Crippen molar-refractivity contribution in [2.75, 3.05) is 11.1 Å². The first-order valence-electron chi connectivity index (χ1n) is 11.5. The first-order valence-corrected chi connectivity index (χ1v) is 11.8. The lowest BCUT2D eigenvalue weighted by Gasteiger charge is -2.09. The molecule has 3 aromatic carbocycles. The summed E-state index contributed by atoms with van der Waals surface area (Å²) in [5.74, 6) is 0.555. The Labute approximate surface area is 218 Å². The first-order chi connectivity index (χ1) is 18.1. The lowest BCUT2D eigenvalue weighted by atomic mass is 10.0. The van der Waals surface area contributed by atoms with Gasteiger partial charge in [-0.2, -0.15) is 0 Å². The van der Waals surface area contributed by atoms with Crippen LogP contribution in [-0.4, -0.2) is 21.0 Å². The van der Waals surface area contributed by atoms with E-state index in [2.05, 4.69) is 20.4 Å². The molecule has 184 valence electrons. The van der Waals surface area contributed by atoms with E-state index in [0.717, 1.165) is 5.56 Å². The second-order valence-electron chi connectivity index (χ2n) is 8.15. The van der Waals surface area contributed by atoms with Crippen LogP contribution in [0.15, 0.2) is 95.6 Å². The number of aromatic nitrogens is 3.